The predicted molar refractivity (Wildman–Crippen MR) is 134 cm³/mol. The molecular weight excluding hydrogens is 432 g/mol. The van der Waals surface area contributed by atoms with E-state index in [1.165, 1.54) is 0 Å². The number of likely N-dealkylation sites (tertiary alicyclic amines) is 1. The summed E-state index contributed by atoms with van der Waals surface area (Å²) in [4.78, 5) is 6.60. The molecule has 0 saturated carbocycles. The molecule has 0 radical (unpaired) electrons. The fourth-order valence-electron chi connectivity index (χ4n) is 3.68. The lowest BCUT2D eigenvalue weighted by Gasteiger charge is -2.39. The number of aliphatic hydroxyl groups is 2. The van der Waals surface area contributed by atoms with E-state index in [1.807, 2.05) is 66.9 Å². The summed E-state index contributed by atoms with van der Waals surface area (Å²) in [6, 6.07) is 19.7. The number of hydrogen-bond donors (Lipinski definition) is 2. The molecule has 0 unspecified atom stereocenters. The first-order valence-electron chi connectivity index (χ1n) is 11.0. The van der Waals surface area contributed by atoms with Crippen molar-refractivity contribution in [3.8, 4) is 23.0 Å². The summed E-state index contributed by atoms with van der Waals surface area (Å²) in [5, 5.41) is 20.8. The van der Waals surface area contributed by atoms with Gasteiger partial charge < -0.3 is 10.2 Å². The van der Waals surface area contributed by atoms with Crippen LogP contribution in [0.2, 0.25) is 5.02 Å². The lowest BCUT2D eigenvalue weighted by Crippen LogP contribution is -2.53. The Morgan fingerprint density at radius 1 is 1.06 bits per heavy atom. The monoisotopic (exact) mass is 458 g/mol. The highest BCUT2D eigenvalue weighted by Gasteiger charge is 2.35. The van der Waals surface area contributed by atoms with Gasteiger partial charge >= 0.3 is 0 Å². The van der Waals surface area contributed by atoms with Gasteiger partial charge in [-0.3, -0.25) is 4.90 Å². The second kappa shape index (κ2) is 10.3. The van der Waals surface area contributed by atoms with E-state index in [4.69, 9.17) is 11.6 Å². The van der Waals surface area contributed by atoms with Gasteiger partial charge in [0.05, 0.1) is 11.7 Å². The van der Waals surface area contributed by atoms with Crippen LogP contribution >= 0.6 is 11.6 Å². The van der Waals surface area contributed by atoms with Gasteiger partial charge in [-0.05, 0) is 60.7 Å². The Morgan fingerprint density at radius 3 is 2.45 bits per heavy atom. The number of aromatic nitrogens is 1. The van der Waals surface area contributed by atoms with Gasteiger partial charge in [-0.1, -0.05) is 60.0 Å². The molecule has 1 aliphatic rings. The Labute approximate surface area is 200 Å². The molecule has 2 heterocycles. The summed E-state index contributed by atoms with van der Waals surface area (Å²) in [5.41, 5.74) is 3.86. The van der Waals surface area contributed by atoms with Crippen molar-refractivity contribution in [3.63, 3.8) is 0 Å². The lowest BCUT2D eigenvalue weighted by atomic mass is 9.91. The Bertz CT molecular complexity index is 1160. The molecular formula is C28H27ClN2O2. The van der Waals surface area contributed by atoms with E-state index in [0.717, 1.165) is 41.0 Å². The largest absolute Gasteiger partial charge is 0.389 e. The number of hydrogen-bond acceptors (Lipinski definition) is 4. The Hall–Kier alpha value is -2.94. The molecule has 1 fully saturated rings. The van der Waals surface area contributed by atoms with E-state index >= 15 is 0 Å². The molecule has 2 aromatic carbocycles. The van der Waals surface area contributed by atoms with Gasteiger partial charge in [0.15, 0.2) is 0 Å². The zero-order valence-corrected chi connectivity index (χ0v) is 19.3. The highest BCUT2D eigenvalue weighted by atomic mass is 35.5. The number of rotatable bonds is 4. The van der Waals surface area contributed by atoms with Crippen LogP contribution in [0.3, 0.4) is 0 Å². The third-order valence-corrected chi connectivity index (χ3v) is 6.20. The van der Waals surface area contributed by atoms with Crippen LogP contribution in [0.25, 0.3) is 17.2 Å². The summed E-state index contributed by atoms with van der Waals surface area (Å²) in [6.45, 7) is 3.70. The highest BCUT2D eigenvalue weighted by molar-refractivity contribution is 6.30. The average Bonchev–Trinajstić information content (AvgIpc) is 2.82. The maximum atomic E-state index is 10.1. The molecule has 3 aromatic rings. The molecule has 5 heteroatoms. The number of piperidine rings is 1. The first-order valence-corrected chi connectivity index (χ1v) is 11.4. The lowest BCUT2D eigenvalue weighted by molar-refractivity contribution is -0.105. The molecule has 0 amide bonds. The number of halogens is 1. The number of β-amino-alcohol motifs (C(OH)–C–C–N with tert-alkyl or cyclic N) is 1. The fraction of sp³-hybridized carbons (Fsp3) is 0.250. The van der Waals surface area contributed by atoms with E-state index in [0.29, 0.717) is 18.0 Å². The molecule has 2 N–H and O–H groups in total. The van der Waals surface area contributed by atoms with Crippen molar-refractivity contribution < 1.29 is 10.2 Å². The first kappa shape index (κ1) is 23.2. The molecule has 1 aromatic heterocycles. The maximum absolute atomic E-state index is 10.1. The van der Waals surface area contributed by atoms with E-state index in [9.17, 15) is 10.2 Å². The number of nitrogens with zero attached hydrogens (tertiary/aromatic N) is 2. The van der Waals surface area contributed by atoms with Crippen molar-refractivity contribution >= 4 is 17.7 Å². The predicted octanol–water partition coefficient (Wildman–Crippen LogP) is 4.63. The van der Waals surface area contributed by atoms with E-state index in [1.54, 1.807) is 6.92 Å². The molecule has 168 valence electrons. The Morgan fingerprint density at radius 2 is 1.79 bits per heavy atom. The topological polar surface area (TPSA) is 56.6 Å². The van der Waals surface area contributed by atoms with Gasteiger partial charge in [0, 0.05) is 42.0 Å². The number of pyridine rings is 1. The van der Waals surface area contributed by atoms with Crippen molar-refractivity contribution in [2.75, 3.05) is 19.6 Å². The minimum Gasteiger partial charge on any atom is -0.389 e. The molecule has 0 aliphatic carbocycles. The second-order valence-electron chi connectivity index (χ2n) is 8.60. The quantitative estimate of drug-likeness (QED) is 0.559. The van der Waals surface area contributed by atoms with Crippen LogP contribution in [-0.4, -0.2) is 51.4 Å². The summed E-state index contributed by atoms with van der Waals surface area (Å²) in [5.74, 6) is 6.28. The van der Waals surface area contributed by atoms with Crippen molar-refractivity contribution in [1.29, 1.82) is 0 Å². The number of aliphatic hydroxyl groups excluding tert-OH is 1. The van der Waals surface area contributed by atoms with Crippen LogP contribution in [0, 0.1) is 11.8 Å². The molecule has 1 aliphatic heterocycles. The van der Waals surface area contributed by atoms with Gasteiger partial charge in [-0.2, -0.15) is 0 Å². The minimum absolute atomic E-state index is 0.487. The van der Waals surface area contributed by atoms with Crippen molar-refractivity contribution in [3.05, 3.63) is 94.8 Å². The van der Waals surface area contributed by atoms with Gasteiger partial charge in [0.25, 0.3) is 0 Å². The van der Waals surface area contributed by atoms with Crippen molar-refractivity contribution in [2.45, 2.75) is 25.0 Å². The standard InChI is InChI=1S/C28H27ClN2O2/c1-28(33)16-18-31(20-27(28)32)17-2-3-21-4-6-22(7-5-21)8-14-26-15-11-24(19-30-26)23-9-12-25(29)13-10-23/h2-7,9-13,15,19,27,32-33H,16-18,20H2,1H3/b3-2+/t27-,28+/m1/s1. The summed E-state index contributed by atoms with van der Waals surface area (Å²) >= 11 is 5.95. The summed E-state index contributed by atoms with van der Waals surface area (Å²) in [7, 11) is 0. The van der Waals surface area contributed by atoms with Gasteiger partial charge in [-0.15, -0.1) is 0 Å². The normalized spacial score (nSPS) is 21.0. The smallest absolute Gasteiger partial charge is 0.113 e. The fourth-order valence-corrected chi connectivity index (χ4v) is 3.81. The molecule has 4 nitrogen and oxygen atoms in total. The molecule has 2 atom stereocenters. The Balaban J connectivity index is 1.32. The zero-order valence-electron chi connectivity index (χ0n) is 18.6. The molecule has 33 heavy (non-hydrogen) atoms. The van der Waals surface area contributed by atoms with Crippen LogP contribution in [0.5, 0.6) is 0 Å². The molecule has 0 spiro atoms. The molecule has 1 saturated heterocycles. The van der Waals surface area contributed by atoms with Crippen molar-refractivity contribution in [1.82, 2.24) is 9.88 Å². The average molecular weight is 459 g/mol. The van der Waals surface area contributed by atoms with Gasteiger partial charge in [-0.25, -0.2) is 4.98 Å². The number of benzene rings is 2. The van der Waals surface area contributed by atoms with Gasteiger partial charge in [0.2, 0.25) is 0 Å². The van der Waals surface area contributed by atoms with E-state index in [-0.39, 0.29) is 0 Å². The second-order valence-corrected chi connectivity index (χ2v) is 9.03. The first-order chi connectivity index (χ1) is 15.9. The Kier molecular flexibility index (Phi) is 7.27. The SMILES string of the molecule is C[C@]1(O)CCN(C/C=C/c2ccc(C#Cc3ccc(-c4ccc(Cl)cc4)cn3)cc2)C[C@H]1O. The van der Waals surface area contributed by atoms with E-state index in [2.05, 4.69) is 33.9 Å². The third-order valence-electron chi connectivity index (χ3n) is 5.94. The third kappa shape index (κ3) is 6.31. The van der Waals surface area contributed by atoms with E-state index < -0.39 is 11.7 Å². The van der Waals surface area contributed by atoms with Gasteiger partial charge in [0.1, 0.15) is 5.69 Å². The highest BCUT2D eigenvalue weighted by Crippen LogP contribution is 2.22. The maximum Gasteiger partial charge on any atom is 0.113 e. The summed E-state index contributed by atoms with van der Waals surface area (Å²) in [6.07, 6.45) is 5.84. The van der Waals surface area contributed by atoms with Crippen LogP contribution in [-0.2, 0) is 0 Å². The van der Waals surface area contributed by atoms with Crippen LogP contribution in [0.15, 0.2) is 72.9 Å². The van der Waals surface area contributed by atoms with Crippen LogP contribution in [0.1, 0.15) is 30.2 Å². The van der Waals surface area contributed by atoms with Crippen LogP contribution in [0.4, 0.5) is 0 Å². The zero-order chi connectivity index (χ0) is 23.3. The minimum atomic E-state index is -0.981. The van der Waals surface area contributed by atoms with Crippen molar-refractivity contribution in [2.24, 2.45) is 0 Å². The molecule has 0 bridgehead atoms. The summed E-state index contributed by atoms with van der Waals surface area (Å²) < 4.78 is 0. The molecule has 4 rings (SSSR count). The van der Waals surface area contributed by atoms with Crippen LogP contribution < -0.4 is 0 Å².